The van der Waals surface area contributed by atoms with Crippen LogP contribution in [0.1, 0.15) is 56.6 Å². The van der Waals surface area contributed by atoms with E-state index in [1.807, 2.05) is 30.9 Å². The smallest absolute Gasteiger partial charge is 0.253 e. The van der Waals surface area contributed by atoms with Crippen LogP contribution in [0.3, 0.4) is 0 Å². The van der Waals surface area contributed by atoms with Gasteiger partial charge in [0.1, 0.15) is 12.4 Å². The third kappa shape index (κ3) is 5.63. The molecule has 3 rings (SSSR count). The lowest BCUT2D eigenvalue weighted by Crippen LogP contribution is -2.31. The summed E-state index contributed by atoms with van der Waals surface area (Å²) in [5.41, 5.74) is 4.67. The van der Waals surface area contributed by atoms with Crippen LogP contribution in [0.2, 0.25) is 0 Å². The molecule has 2 aliphatic rings. The molecule has 0 saturated carbocycles. The van der Waals surface area contributed by atoms with Crippen LogP contribution in [0.5, 0.6) is 5.75 Å². The van der Waals surface area contributed by atoms with E-state index in [0.717, 1.165) is 50.3 Å². The van der Waals surface area contributed by atoms with Gasteiger partial charge in [0.15, 0.2) is 0 Å². The van der Waals surface area contributed by atoms with Gasteiger partial charge >= 0.3 is 0 Å². The van der Waals surface area contributed by atoms with Gasteiger partial charge in [0, 0.05) is 36.7 Å². The zero-order chi connectivity index (χ0) is 21.3. The highest BCUT2D eigenvalue weighted by atomic mass is 16.5. The minimum Gasteiger partial charge on any atom is -0.492 e. The number of likely N-dealkylation sites (N-methyl/N-ethyl adjacent to an activating group) is 1. The number of hydrogen-bond donors (Lipinski definition) is 1. The highest BCUT2D eigenvalue weighted by molar-refractivity contribution is 5.96. The molecule has 0 saturated heterocycles. The Morgan fingerprint density at radius 1 is 1.17 bits per heavy atom. The number of fused-ring (bicyclic) bond motifs is 1. The van der Waals surface area contributed by atoms with E-state index < -0.39 is 0 Å². The zero-order valence-electron chi connectivity index (χ0n) is 18.7. The van der Waals surface area contributed by atoms with Crippen molar-refractivity contribution in [2.24, 2.45) is 0 Å². The Hall–Kier alpha value is -2.33. The Morgan fingerprint density at radius 3 is 2.80 bits per heavy atom. The van der Waals surface area contributed by atoms with E-state index >= 15 is 0 Å². The van der Waals surface area contributed by atoms with Crippen molar-refractivity contribution in [1.29, 1.82) is 0 Å². The number of carbonyl (C=O) groups is 1. The lowest BCUT2D eigenvalue weighted by molar-refractivity contribution is -0.126. The number of benzene rings is 1. The lowest BCUT2D eigenvalue weighted by Gasteiger charge is -2.23. The van der Waals surface area contributed by atoms with Crippen LogP contribution in [0.25, 0.3) is 0 Å². The Balaban J connectivity index is 1.94. The average Bonchev–Trinajstić information content (AvgIpc) is 3.02. The van der Waals surface area contributed by atoms with Crippen molar-refractivity contribution in [3.05, 3.63) is 64.8 Å². The second-order valence-corrected chi connectivity index (χ2v) is 8.14. The summed E-state index contributed by atoms with van der Waals surface area (Å²) in [5, 5.41) is 3.47. The minimum absolute atomic E-state index is 0.113. The first kappa shape index (κ1) is 22.4. The molecule has 1 amide bonds. The Bertz CT molecular complexity index is 818. The Kier molecular flexibility index (Phi) is 8.32. The molecule has 0 aromatic heterocycles. The van der Waals surface area contributed by atoms with Gasteiger partial charge < -0.3 is 15.0 Å². The molecule has 0 bridgehead atoms. The van der Waals surface area contributed by atoms with Gasteiger partial charge in [0.25, 0.3) is 5.91 Å². The molecule has 1 heterocycles. The second kappa shape index (κ2) is 11.2. The third-order valence-electron chi connectivity index (χ3n) is 6.05. The fraction of sp³-hybridized carbons (Fsp3) is 0.500. The highest BCUT2D eigenvalue weighted by Crippen LogP contribution is 2.39. The number of rotatable bonds is 4. The quantitative estimate of drug-likeness (QED) is 0.769. The molecule has 1 aromatic carbocycles. The molecule has 1 aliphatic carbocycles. The van der Waals surface area contributed by atoms with Crippen LogP contribution in [0.15, 0.2) is 53.6 Å². The lowest BCUT2D eigenvalue weighted by atomic mass is 9.84. The molecule has 0 radical (unpaired) electrons. The summed E-state index contributed by atoms with van der Waals surface area (Å²) in [7, 11) is 0. The first-order valence-corrected chi connectivity index (χ1v) is 11.4. The number of allylic oxidation sites excluding steroid dienone is 4. The van der Waals surface area contributed by atoms with Crippen LogP contribution < -0.4 is 10.1 Å². The van der Waals surface area contributed by atoms with Gasteiger partial charge in [0.05, 0.1) is 0 Å². The van der Waals surface area contributed by atoms with Crippen molar-refractivity contribution in [1.82, 2.24) is 10.2 Å². The zero-order valence-corrected chi connectivity index (χ0v) is 18.7. The molecule has 1 atom stereocenters. The fourth-order valence-corrected chi connectivity index (χ4v) is 4.31. The molecular formula is C26H36N2O2. The summed E-state index contributed by atoms with van der Waals surface area (Å²) >= 11 is 0. The second-order valence-electron chi connectivity index (χ2n) is 8.14. The first-order valence-electron chi connectivity index (χ1n) is 11.4. The summed E-state index contributed by atoms with van der Waals surface area (Å²) in [6.07, 6.45) is 12.6. The van der Waals surface area contributed by atoms with Gasteiger partial charge in [-0.25, -0.2) is 0 Å². The number of carbonyl (C=O) groups excluding carboxylic acids is 1. The molecule has 162 valence electrons. The number of ether oxygens (including phenoxy) is 1. The van der Waals surface area contributed by atoms with Crippen LogP contribution in [0, 0.1) is 6.92 Å². The average molecular weight is 409 g/mol. The predicted molar refractivity (Wildman–Crippen MR) is 124 cm³/mol. The van der Waals surface area contributed by atoms with Gasteiger partial charge in [-0.1, -0.05) is 47.9 Å². The SMILES string of the molecule is CCN(CC)C(=O)C1=CC=C(C2CCCCNCCOc3ccc(C)cc32)CC=C1. The topological polar surface area (TPSA) is 41.6 Å². The van der Waals surface area contributed by atoms with Crippen molar-refractivity contribution in [3.8, 4) is 5.75 Å². The maximum absolute atomic E-state index is 12.8. The molecule has 4 heteroatoms. The summed E-state index contributed by atoms with van der Waals surface area (Å²) < 4.78 is 6.16. The minimum atomic E-state index is 0.113. The van der Waals surface area contributed by atoms with Crippen molar-refractivity contribution in [2.45, 2.75) is 52.4 Å². The molecule has 1 N–H and O–H groups in total. The molecule has 30 heavy (non-hydrogen) atoms. The largest absolute Gasteiger partial charge is 0.492 e. The molecule has 1 aromatic rings. The van der Waals surface area contributed by atoms with E-state index in [4.69, 9.17) is 4.74 Å². The Labute approximate surface area is 181 Å². The third-order valence-corrected chi connectivity index (χ3v) is 6.05. The molecule has 1 aliphatic heterocycles. The Morgan fingerprint density at radius 2 is 2.00 bits per heavy atom. The number of hydrogen-bond acceptors (Lipinski definition) is 3. The molecule has 1 unspecified atom stereocenters. The summed E-state index contributed by atoms with van der Waals surface area (Å²) in [4.78, 5) is 14.7. The van der Waals surface area contributed by atoms with Crippen molar-refractivity contribution in [3.63, 3.8) is 0 Å². The van der Waals surface area contributed by atoms with Crippen molar-refractivity contribution in [2.75, 3.05) is 32.8 Å². The van der Waals surface area contributed by atoms with E-state index in [1.54, 1.807) is 0 Å². The summed E-state index contributed by atoms with van der Waals surface area (Å²) in [6, 6.07) is 6.53. The van der Waals surface area contributed by atoms with E-state index in [-0.39, 0.29) is 5.91 Å². The maximum atomic E-state index is 12.8. The first-order chi connectivity index (χ1) is 14.6. The highest BCUT2D eigenvalue weighted by Gasteiger charge is 2.22. The van der Waals surface area contributed by atoms with Crippen LogP contribution in [-0.2, 0) is 4.79 Å². The fourth-order valence-electron chi connectivity index (χ4n) is 4.31. The number of aryl methyl sites for hydroxylation is 1. The van der Waals surface area contributed by atoms with E-state index in [1.165, 1.54) is 29.5 Å². The van der Waals surface area contributed by atoms with Gasteiger partial charge in [0.2, 0.25) is 0 Å². The van der Waals surface area contributed by atoms with Crippen LogP contribution >= 0.6 is 0 Å². The molecule has 4 nitrogen and oxygen atoms in total. The van der Waals surface area contributed by atoms with Crippen LogP contribution in [-0.4, -0.2) is 43.6 Å². The van der Waals surface area contributed by atoms with Crippen molar-refractivity contribution >= 4 is 5.91 Å². The number of nitrogens with one attached hydrogen (secondary N) is 1. The van der Waals surface area contributed by atoms with Crippen molar-refractivity contribution < 1.29 is 9.53 Å². The standard InChI is InChI=1S/C26H36N2O2/c1-4-28(5-2)26(29)22-10-8-9-21(13-14-22)23-11-6-7-16-27-17-18-30-25-15-12-20(3)19-24(23)25/h8,10,12-15,19,23,27H,4-7,9,11,16-18H2,1-3H3. The van der Waals surface area contributed by atoms with E-state index in [9.17, 15) is 4.79 Å². The molecule has 0 spiro atoms. The number of amides is 1. The summed E-state index contributed by atoms with van der Waals surface area (Å²) in [5.74, 6) is 1.41. The van der Waals surface area contributed by atoms with Gasteiger partial charge in [-0.3, -0.25) is 4.79 Å². The monoisotopic (exact) mass is 408 g/mol. The van der Waals surface area contributed by atoms with E-state index in [2.05, 4.69) is 42.6 Å². The number of nitrogens with zero attached hydrogens (tertiary/aromatic N) is 1. The van der Waals surface area contributed by atoms with Gasteiger partial charge in [-0.2, -0.15) is 0 Å². The van der Waals surface area contributed by atoms with Gasteiger partial charge in [-0.05, 0) is 58.7 Å². The maximum Gasteiger partial charge on any atom is 0.253 e. The molecule has 0 fully saturated rings. The summed E-state index contributed by atoms with van der Waals surface area (Å²) in [6.45, 7) is 10.3. The van der Waals surface area contributed by atoms with Crippen LogP contribution in [0.4, 0.5) is 0 Å². The normalized spacial score (nSPS) is 20.0. The van der Waals surface area contributed by atoms with Gasteiger partial charge in [-0.15, -0.1) is 0 Å². The molecular weight excluding hydrogens is 372 g/mol. The van der Waals surface area contributed by atoms with E-state index in [0.29, 0.717) is 12.5 Å². The predicted octanol–water partition coefficient (Wildman–Crippen LogP) is 4.91.